The molecule has 0 heterocycles. The molecule has 0 nitrogen and oxygen atoms in total. The molecule has 0 aromatic heterocycles. The first kappa shape index (κ1) is 30.6. The monoisotopic (exact) mass is 580 g/mol. The quantitative estimate of drug-likeness (QED) is 0.144. The third kappa shape index (κ3) is 9.31. The first-order valence-electron chi connectivity index (χ1n) is 11.2. The van der Waals surface area contributed by atoms with Crippen LogP contribution in [0.3, 0.4) is 0 Å². The third-order valence-corrected chi connectivity index (χ3v) is 5.07. The normalized spacial score (nSPS) is 9.29. The van der Waals surface area contributed by atoms with Crippen LogP contribution in [0.4, 0.5) is 0 Å². The molecule has 0 bridgehead atoms. The summed E-state index contributed by atoms with van der Waals surface area (Å²) in [7, 11) is 12.8. The van der Waals surface area contributed by atoms with Gasteiger partial charge in [-0.05, 0) is 12.0 Å². The number of hydrogen-bond donors (Lipinski definition) is 0. The van der Waals surface area contributed by atoms with Crippen molar-refractivity contribution < 1.29 is 20.8 Å². The molecular formula is C30H32Cl2SiZr-3. The average molecular weight is 583 g/mol. The van der Waals surface area contributed by atoms with Gasteiger partial charge in [-0.3, -0.25) is 0 Å². The molecule has 4 heteroatoms. The zero-order chi connectivity index (χ0) is 25.3. The predicted molar refractivity (Wildman–Crippen MR) is 153 cm³/mol. The van der Waals surface area contributed by atoms with E-state index in [9.17, 15) is 0 Å². The second-order valence-electron chi connectivity index (χ2n) is 7.12. The summed E-state index contributed by atoms with van der Waals surface area (Å²) in [5.41, 5.74) is 5.38. The molecule has 3 radical (unpaired) electrons. The summed E-state index contributed by atoms with van der Waals surface area (Å²) in [4.78, 5) is 0. The molecule has 0 saturated carbocycles. The van der Waals surface area contributed by atoms with Crippen LogP contribution in [0.25, 0.3) is 32.7 Å². The van der Waals surface area contributed by atoms with Crippen LogP contribution in [0, 0.1) is 13.8 Å². The minimum atomic E-state index is -0.826. The third-order valence-electron chi connectivity index (χ3n) is 5.07. The molecule has 0 N–H and O–H groups in total. The van der Waals surface area contributed by atoms with E-state index in [1.807, 2.05) is 0 Å². The molecule has 0 spiro atoms. The van der Waals surface area contributed by atoms with E-state index in [-0.39, 0.29) is 0 Å². The number of fused-ring (bicyclic) bond motifs is 2. The molecule has 34 heavy (non-hydrogen) atoms. The van der Waals surface area contributed by atoms with Crippen molar-refractivity contribution in [3.8, 4) is 11.1 Å². The Balaban J connectivity index is 0.000000280. The summed E-state index contributed by atoms with van der Waals surface area (Å²) in [5, 5.41) is 5.42. The summed E-state index contributed by atoms with van der Waals surface area (Å²) < 4.78 is 0. The second-order valence-corrected chi connectivity index (χ2v) is 10.9. The standard InChI is InChI=1S/C16H13.C11H11.C2H5.CH3Si.2ClH.Zr/c1-12-10-14-8-5-9-15(16(14)11-12)13-6-3-2-4-7-13;1-2-9-7-10-5-3-4-6-11(10)8-9;2*1-2;;;/h2-11H,1H3;3-8H,2H2,1H3;1H2,2H3;1H3;2*1H;/q3*-1;;;;+2/p-2. The van der Waals surface area contributed by atoms with Gasteiger partial charge in [0.1, 0.15) is 0 Å². The van der Waals surface area contributed by atoms with E-state index >= 15 is 0 Å². The van der Waals surface area contributed by atoms with E-state index in [1.165, 1.54) is 43.8 Å². The van der Waals surface area contributed by atoms with Gasteiger partial charge in [-0.1, -0.05) is 68.4 Å². The van der Waals surface area contributed by atoms with Gasteiger partial charge in [-0.25, -0.2) is 0 Å². The maximum absolute atomic E-state index is 4.93. The zero-order valence-corrected chi connectivity index (χ0v) is 25.4. The van der Waals surface area contributed by atoms with Gasteiger partial charge in [0.15, 0.2) is 0 Å². The Bertz CT molecular complexity index is 1160. The van der Waals surface area contributed by atoms with E-state index in [0.29, 0.717) is 0 Å². The van der Waals surface area contributed by atoms with Crippen LogP contribution in [0.1, 0.15) is 25.0 Å². The Kier molecular flexibility index (Phi) is 16.1. The average Bonchev–Trinajstić information content (AvgIpc) is 3.50. The van der Waals surface area contributed by atoms with Gasteiger partial charge in [0.25, 0.3) is 0 Å². The van der Waals surface area contributed by atoms with Crippen molar-refractivity contribution in [1.29, 1.82) is 0 Å². The van der Waals surface area contributed by atoms with Gasteiger partial charge in [-0.15, -0.1) is 75.1 Å². The van der Waals surface area contributed by atoms with E-state index in [4.69, 9.17) is 17.0 Å². The summed E-state index contributed by atoms with van der Waals surface area (Å²) in [5.74, 6) is 0. The maximum atomic E-state index is 4.93. The first-order chi connectivity index (χ1) is 16.7. The predicted octanol–water partition coefficient (Wildman–Crippen LogP) is 10.1. The van der Waals surface area contributed by atoms with Crippen LogP contribution in [0.5, 0.6) is 0 Å². The number of halogens is 2. The molecule has 0 amide bonds. The van der Waals surface area contributed by atoms with Gasteiger partial charge in [0, 0.05) is 10.2 Å². The van der Waals surface area contributed by atoms with E-state index in [2.05, 4.69) is 128 Å². The molecular weight excluding hydrogens is 551 g/mol. The van der Waals surface area contributed by atoms with Crippen LogP contribution in [0.15, 0.2) is 97.1 Å². The minimum absolute atomic E-state index is 0.826. The van der Waals surface area contributed by atoms with E-state index in [1.54, 1.807) is 13.5 Å². The summed E-state index contributed by atoms with van der Waals surface area (Å²) in [6, 6.07) is 34.6. The fourth-order valence-electron chi connectivity index (χ4n) is 3.67. The number of benzene rings is 3. The van der Waals surface area contributed by atoms with Crippen molar-refractivity contribution in [3.63, 3.8) is 0 Å². The second kappa shape index (κ2) is 17.9. The van der Waals surface area contributed by atoms with Gasteiger partial charge in [0.2, 0.25) is 0 Å². The molecule has 0 saturated heterocycles. The molecule has 5 rings (SSSR count). The van der Waals surface area contributed by atoms with Crippen LogP contribution >= 0.6 is 17.0 Å². The molecule has 0 aliphatic rings. The Morgan fingerprint density at radius 1 is 0.794 bits per heavy atom. The summed E-state index contributed by atoms with van der Waals surface area (Å²) >= 11 is -0.826. The number of aryl methyl sites for hydroxylation is 2. The Labute approximate surface area is 228 Å². The fraction of sp³-hybridized carbons (Fsp3) is 0.167. The molecule has 177 valence electrons. The molecule has 0 aliphatic heterocycles. The topological polar surface area (TPSA) is 0 Å². The first-order valence-corrected chi connectivity index (χ1v) is 18.5. The summed E-state index contributed by atoms with van der Waals surface area (Å²) in [6.07, 6.45) is 1.13. The molecule has 0 fully saturated rings. The Morgan fingerprint density at radius 3 is 2.00 bits per heavy atom. The molecule has 0 aliphatic carbocycles. The number of hydrogen-bond acceptors (Lipinski definition) is 0. The van der Waals surface area contributed by atoms with Crippen LogP contribution in [-0.4, -0.2) is 10.2 Å². The van der Waals surface area contributed by atoms with Crippen molar-refractivity contribution in [2.75, 3.05) is 0 Å². The van der Waals surface area contributed by atoms with Crippen LogP contribution < -0.4 is 0 Å². The molecule has 5 aromatic carbocycles. The van der Waals surface area contributed by atoms with Crippen molar-refractivity contribution in [3.05, 3.63) is 115 Å². The van der Waals surface area contributed by atoms with Crippen LogP contribution in [-0.2, 0) is 27.3 Å². The van der Waals surface area contributed by atoms with Crippen molar-refractivity contribution in [1.82, 2.24) is 0 Å². The Morgan fingerprint density at radius 2 is 1.38 bits per heavy atom. The summed E-state index contributed by atoms with van der Waals surface area (Å²) in [6.45, 7) is 11.1. The van der Waals surface area contributed by atoms with Crippen LogP contribution in [0.2, 0.25) is 6.55 Å². The molecule has 5 aromatic rings. The van der Waals surface area contributed by atoms with Gasteiger partial charge < -0.3 is 6.92 Å². The van der Waals surface area contributed by atoms with E-state index < -0.39 is 20.8 Å². The van der Waals surface area contributed by atoms with Gasteiger partial charge in [-0.2, -0.15) is 19.1 Å². The van der Waals surface area contributed by atoms with Crippen molar-refractivity contribution in [2.24, 2.45) is 0 Å². The van der Waals surface area contributed by atoms with E-state index in [0.717, 1.165) is 6.42 Å². The SMILES string of the molecule is CCc1cc2ccccc2[cH-]1.C[Si].Cc1cc2c(-c3ccccc3)cccc2[cH-]1.[CH2-]C.[Cl][Zr][Cl]. The number of rotatable bonds is 2. The van der Waals surface area contributed by atoms with Crippen molar-refractivity contribution in [2.45, 2.75) is 33.7 Å². The molecule has 0 atom stereocenters. The molecule has 0 unspecified atom stereocenters. The van der Waals surface area contributed by atoms with Gasteiger partial charge in [0.05, 0.1) is 0 Å². The zero-order valence-electron chi connectivity index (χ0n) is 20.4. The Hall–Kier alpha value is -1.44. The van der Waals surface area contributed by atoms with Crippen molar-refractivity contribution >= 4 is 48.8 Å². The fourth-order valence-corrected chi connectivity index (χ4v) is 3.67. The van der Waals surface area contributed by atoms with Gasteiger partial charge >= 0.3 is 37.9 Å².